The van der Waals surface area contributed by atoms with Gasteiger partial charge in [0.1, 0.15) is 5.75 Å². The van der Waals surface area contributed by atoms with E-state index in [-0.39, 0.29) is 18.1 Å². The fourth-order valence-corrected chi connectivity index (χ4v) is 1.30. The number of aliphatic hydroxyl groups is 1. The van der Waals surface area contributed by atoms with Crippen molar-refractivity contribution in [2.75, 3.05) is 5.32 Å². The van der Waals surface area contributed by atoms with Gasteiger partial charge in [0.2, 0.25) is 5.91 Å². The number of amides is 1. The third-order valence-electron chi connectivity index (χ3n) is 2.27. The maximum absolute atomic E-state index is 11.4. The second-order valence-corrected chi connectivity index (χ2v) is 3.94. The van der Waals surface area contributed by atoms with Crippen LogP contribution in [0.4, 0.5) is 5.69 Å². The van der Waals surface area contributed by atoms with Gasteiger partial charge in [0, 0.05) is 12.1 Å². The Morgan fingerprint density at radius 1 is 1.50 bits per heavy atom. The number of phenolic OH excluding ortho intramolecular Hbond substituents is 1. The van der Waals surface area contributed by atoms with Gasteiger partial charge in [-0.2, -0.15) is 0 Å². The van der Waals surface area contributed by atoms with E-state index < -0.39 is 6.10 Å². The first kappa shape index (κ1) is 12.5. The van der Waals surface area contributed by atoms with Crippen molar-refractivity contribution in [2.45, 2.75) is 32.8 Å². The van der Waals surface area contributed by atoms with Crippen molar-refractivity contribution >= 4 is 11.6 Å². The first-order valence-electron chi connectivity index (χ1n) is 5.26. The summed E-state index contributed by atoms with van der Waals surface area (Å²) in [5, 5.41) is 21.0. The molecule has 1 aromatic rings. The summed E-state index contributed by atoms with van der Waals surface area (Å²) in [5.41, 5.74) is 1.37. The maximum atomic E-state index is 11.4. The lowest BCUT2D eigenvalue weighted by atomic mass is 10.2. The van der Waals surface area contributed by atoms with Crippen molar-refractivity contribution in [3.63, 3.8) is 0 Å². The van der Waals surface area contributed by atoms with Crippen molar-refractivity contribution in [3.05, 3.63) is 23.8 Å². The Bertz CT molecular complexity index is 375. The van der Waals surface area contributed by atoms with Crippen molar-refractivity contribution in [3.8, 4) is 5.75 Å². The van der Waals surface area contributed by atoms with Gasteiger partial charge in [-0.05, 0) is 44.0 Å². The highest BCUT2D eigenvalue weighted by molar-refractivity contribution is 5.90. The molecule has 88 valence electrons. The Balaban J connectivity index is 2.53. The molecule has 0 heterocycles. The van der Waals surface area contributed by atoms with Gasteiger partial charge in [0.25, 0.3) is 0 Å². The lowest BCUT2D eigenvalue weighted by molar-refractivity contribution is -0.116. The van der Waals surface area contributed by atoms with Gasteiger partial charge in [-0.3, -0.25) is 4.79 Å². The Labute approximate surface area is 94.9 Å². The third kappa shape index (κ3) is 3.90. The standard InChI is InChI=1S/C12H17NO3/c1-8-7-10(4-5-11(8)15)13-12(16)6-3-9(2)14/h4-5,7,9,14-15H,3,6H2,1-2H3,(H,13,16). The fraction of sp³-hybridized carbons (Fsp3) is 0.417. The van der Waals surface area contributed by atoms with Gasteiger partial charge in [-0.1, -0.05) is 0 Å². The zero-order valence-electron chi connectivity index (χ0n) is 9.53. The molecule has 1 amide bonds. The SMILES string of the molecule is Cc1cc(NC(=O)CCC(C)O)ccc1O. The molecular weight excluding hydrogens is 206 g/mol. The number of carbonyl (C=O) groups excluding carboxylic acids is 1. The fourth-order valence-electron chi connectivity index (χ4n) is 1.30. The molecule has 0 saturated carbocycles. The minimum absolute atomic E-state index is 0.133. The molecular formula is C12H17NO3. The first-order chi connectivity index (χ1) is 7.49. The number of hydrogen-bond donors (Lipinski definition) is 3. The van der Waals surface area contributed by atoms with Gasteiger partial charge in [-0.15, -0.1) is 0 Å². The lowest BCUT2D eigenvalue weighted by Crippen LogP contribution is -2.14. The summed E-state index contributed by atoms with van der Waals surface area (Å²) in [4.78, 5) is 11.4. The Kier molecular flexibility index (Phi) is 4.31. The molecule has 0 aliphatic heterocycles. The molecule has 16 heavy (non-hydrogen) atoms. The second-order valence-electron chi connectivity index (χ2n) is 3.94. The van der Waals surface area contributed by atoms with E-state index in [1.54, 1.807) is 32.0 Å². The van der Waals surface area contributed by atoms with Crippen LogP contribution in [0.15, 0.2) is 18.2 Å². The normalized spacial score (nSPS) is 12.2. The summed E-state index contributed by atoms with van der Waals surface area (Å²) in [6.07, 6.45) is 0.271. The van der Waals surface area contributed by atoms with Gasteiger partial charge in [0.05, 0.1) is 6.10 Å². The zero-order chi connectivity index (χ0) is 12.1. The van der Waals surface area contributed by atoms with Crippen molar-refractivity contribution in [1.82, 2.24) is 0 Å². The monoisotopic (exact) mass is 223 g/mol. The molecule has 0 saturated heterocycles. The number of phenols is 1. The largest absolute Gasteiger partial charge is 0.508 e. The highest BCUT2D eigenvalue weighted by Gasteiger charge is 2.05. The zero-order valence-corrected chi connectivity index (χ0v) is 9.53. The average Bonchev–Trinajstić information content (AvgIpc) is 2.21. The number of benzene rings is 1. The molecule has 0 radical (unpaired) electrons. The molecule has 1 aromatic carbocycles. The second kappa shape index (κ2) is 5.51. The summed E-state index contributed by atoms with van der Waals surface area (Å²) in [5.74, 6) is 0.0768. The van der Waals surface area contributed by atoms with Crippen molar-refractivity contribution in [1.29, 1.82) is 0 Å². The molecule has 1 rings (SSSR count). The number of nitrogens with one attached hydrogen (secondary N) is 1. The molecule has 0 aliphatic carbocycles. The first-order valence-corrected chi connectivity index (χ1v) is 5.26. The van der Waals surface area contributed by atoms with Crippen LogP contribution in [0.5, 0.6) is 5.75 Å². The predicted molar refractivity (Wildman–Crippen MR) is 62.4 cm³/mol. The Hall–Kier alpha value is -1.55. The number of hydrogen-bond acceptors (Lipinski definition) is 3. The van der Waals surface area contributed by atoms with E-state index in [0.717, 1.165) is 0 Å². The Morgan fingerprint density at radius 3 is 2.75 bits per heavy atom. The van der Waals surface area contributed by atoms with Crippen LogP contribution in [0.3, 0.4) is 0 Å². The van der Waals surface area contributed by atoms with Crippen LogP contribution in [-0.2, 0) is 4.79 Å². The summed E-state index contributed by atoms with van der Waals surface area (Å²) < 4.78 is 0. The van der Waals surface area contributed by atoms with Crippen LogP contribution in [-0.4, -0.2) is 22.2 Å². The minimum atomic E-state index is -0.465. The molecule has 0 aliphatic rings. The molecule has 1 unspecified atom stereocenters. The highest BCUT2D eigenvalue weighted by atomic mass is 16.3. The molecule has 4 nitrogen and oxygen atoms in total. The molecule has 1 atom stereocenters. The molecule has 0 aromatic heterocycles. The van der Waals surface area contributed by atoms with Crippen LogP contribution in [0.2, 0.25) is 0 Å². The van der Waals surface area contributed by atoms with Gasteiger partial charge in [-0.25, -0.2) is 0 Å². The van der Waals surface area contributed by atoms with E-state index in [9.17, 15) is 9.90 Å². The van der Waals surface area contributed by atoms with Gasteiger partial charge < -0.3 is 15.5 Å². The van der Waals surface area contributed by atoms with Crippen molar-refractivity contribution < 1.29 is 15.0 Å². The van der Waals surface area contributed by atoms with Crippen LogP contribution in [0.1, 0.15) is 25.3 Å². The summed E-state index contributed by atoms with van der Waals surface area (Å²) in [6.45, 7) is 3.42. The van der Waals surface area contributed by atoms with Crippen molar-refractivity contribution in [2.24, 2.45) is 0 Å². The maximum Gasteiger partial charge on any atom is 0.224 e. The number of aromatic hydroxyl groups is 1. The average molecular weight is 223 g/mol. The van der Waals surface area contributed by atoms with E-state index >= 15 is 0 Å². The smallest absolute Gasteiger partial charge is 0.224 e. The lowest BCUT2D eigenvalue weighted by Gasteiger charge is -2.07. The number of anilines is 1. The molecule has 4 heteroatoms. The van der Waals surface area contributed by atoms with E-state index in [1.165, 1.54) is 0 Å². The molecule has 0 bridgehead atoms. The summed E-state index contributed by atoms with van der Waals surface area (Å²) in [7, 11) is 0. The van der Waals surface area contributed by atoms with Crippen LogP contribution in [0.25, 0.3) is 0 Å². The van der Waals surface area contributed by atoms with E-state index in [0.29, 0.717) is 17.7 Å². The van der Waals surface area contributed by atoms with E-state index in [2.05, 4.69) is 5.32 Å². The van der Waals surface area contributed by atoms with Crippen LogP contribution in [0, 0.1) is 6.92 Å². The van der Waals surface area contributed by atoms with E-state index in [1.807, 2.05) is 0 Å². The number of aryl methyl sites for hydroxylation is 1. The predicted octanol–water partition coefficient (Wildman–Crippen LogP) is 1.80. The number of carbonyl (C=O) groups is 1. The number of rotatable bonds is 4. The molecule has 3 N–H and O–H groups in total. The third-order valence-corrected chi connectivity index (χ3v) is 2.27. The molecule has 0 fully saturated rings. The van der Waals surface area contributed by atoms with Gasteiger partial charge in [0.15, 0.2) is 0 Å². The topological polar surface area (TPSA) is 69.6 Å². The minimum Gasteiger partial charge on any atom is -0.508 e. The summed E-state index contributed by atoms with van der Waals surface area (Å²) in [6, 6.07) is 4.89. The van der Waals surface area contributed by atoms with E-state index in [4.69, 9.17) is 5.11 Å². The Morgan fingerprint density at radius 2 is 2.19 bits per heavy atom. The number of aliphatic hydroxyl groups excluding tert-OH is 1. The quantitative estimate of drug-likeness (QED) is 0.682. The van der Waals surface area contributed by atoms with Gasteiger partial charge >= 0.3 is 0 Å². The highest BCUT2D eigenvalue weighted by Crippen LogP contribution is 2.20. The van der Waals surface area contributed by atoms with Crippen LogP contribution >= 0.6 is 0 Å². The summed E-state index contributed by atoms with van der Waals surface area (Å²) >= 11 is 0. The molecule has 0 spiro atoms. The van der Waals surface area contributed by atoms with Crippen LogP contribution < -0.4 is 5.32 Å².